The van der Waals surface area contributed by atoms with E-state index in [0.29, 0.717) is 49.7 Å². The molecule has 0 bridgehead atoms. The summed E-state index contributed by atoms with van der Waals surface area (Å²) < 4.78 is 42.4. The predicted molar refractivity (Wildman–Crippen MR) is 140 cm³/mol. The Morgan fingerprint density at radius 2 is 1.67 bits per heavy atom. The van der Waals surface area contributed by atoms with E-state index in [1.807, 2.05) is 50.2 Å². The molecule has 8 heteroatoms. The fraction of sp³-hybridized carbons (Fsp3) is 0.286. The molecule has 0 atom stereocenters. The molecule has 0 N–H and O–H groups in total. The Bertz CT molecular complexity index is 1520. The van der Waals surface area contributed by atoms with Crippen LogP contribution < -0.4 is 4.90 Å². The first kappa shape index (κ1) is 24.3. The van der Waals surface area contributed by atoms with Crippen molar-refractivity contribution in [1.82, 2.24) is 14.3 Å². The van der Waals surface area contributed by atoms with Crippen LogP contribution in [-0.2, 0) is 16.4 Å². The van der Waals surface area contributed by atoms with Crippen LogP contribution in [0.5, 0.6) is 0 Å². The van der Waals surface area contributed by atoms with Crippen LogP contribution in [0.1, 0.15) is 29.1 Å². The van der Waals surface area contributed by atoms with E-state index in [-0.39, 0.29) is 5.82 Å². The molecule has 1 aliphatic rings. The van der Waals surface area contributed by atoms with Crippen molar-refractivity contribution in [3.05, 3.63) is 95.2 Å². The fourth-order valence-corrected chi connectivity index (χ4v) is 6.37. The Kier molecular flexibility index (Phi) is 6.73. The molecule has 0 aliphatic carbocycles. The molecule has 1 aliphatic heterocycles. The third-order valence-electron chi connectivity index (χ3n) is 6.69. The largest absolute Gasteiger partial charge is 0.355 e. The van der Waals surface area contributed by atoms with Crippen LogP contribution in [0, 0.1) is 19.7 Å². The number of benzene rings is 3. The van der Waals surface area contributed by atoms with Crippen LogP contribution in [0.25, 0.3) is 10.8 Å². The molecule has 1 saturated heterocycles. The summed E-state index contributed by atoms with van der Waals surface area (Å²) in [5.41, 5.74) is 2.64. The topological polar surface area (TPSA) is 66.4 Å². The van der Waals surface area contributed by atoms with Gasteiger partial charge in [0.05, 0.1) is 4.90 Å². The van der Waals surface area contributed by atoms with Crippen molar-refractivity contribution >= 4 is 26.6 Å². The Hall–Kier alpha value is -3.36. The quantitative estimate of drug-likeness (QED) is 0.388. The van der Waals surface area contributed by atoms with Gasteiger partial charge in [-0.15, -0.1) is 0 Å². The molecular formula is C28H29FN4O2S. The van der Waals surface area contributed by atoms with E-state index in [9.17, 15) is 12.8 Å². The van der Waals surface area contributed by atoms with E-state index >= 15 is 0 Å². The van der Waals surface area contributed by atoms with Gasteiger partial charge in [-0.25, -0.2) is 22.8 Å². The van der Waals surface area contributed by atoms with Gasteiger partial charge in [0.15, 0.2) is 0 Å². The molecule has 0 amide bonds. The summed E-state index contributed by atoms with van der Waals surface area (Å²) >= 11 is 0. The van der Waals surface area contributed by atoms with E-state index in [2.05, 4.69) is 9.88 Å². The minimum Gasteiger partial charge on any atom is -0.355 e. The van der Waals surface area contributed by atoms with Crippen molar-refractivity contribution in [1.29, 1.82) is 0 Å². The highest BCUT2D eigenvalue weighted by Gasteiger charge is 2.28. The monoisotopic (exact) mass is 504 g/mol. The fourth-order valence-electron chi connectivity index (χ4n) is 4.86. The smallest absolute Gasteiger partial charge is 0.243 e. The normalized spacial score (nSPS) is 15.2. The van der Waals surface area contributed by atoms with Gasteiger partial charge in [-0.1, -0.05) is 42.5 Å². The number of halogens is 1. The molecule has 0 unspecified atom stereocenters. The zero-order valence-electron chi connectivity index (χ0n) is 20.5. The summed E-state index contributed by atoms with van der Waals surface area (Å²) in [4.78, 5) is 11.8. The molecule has 2 heterocycles. The van der Waals surface area contributed by atoms with Crippen LogP contribution in [0.2, 0.25) is 0 Å². The first-order valence-corrected chi connectivity index (χ1v) is 13.6. The molecule has 1 fully saturated rings. The zero-order valence-corrected chi connectivity index (χ0v) is 21.3. The van der Waals surface area contributed by atoms with Crippen LogP contribution in [0.4, 0.5) is 10.2 Å². The molecule has 0 spiro atoms. The van der Waals surface area contributed by atoms with Crippen molar-refractivity contribution in [2.45, 2.75) is 31.6 Å². The molecule has 4 aromatic rings. The van der Waals surface area contributed by atoms with Crippen molar-refractivity contribution in [2.24, 2.45) is 0 Å². The third kappa shape index (κ3) is 4.96. The number of aromatic nitrogens is 2. The van der Waals surface area contributed by atoms with Crippen molar-refractivity contribution in [2.75, 3.05) is 31.1 Å². The number of rotatable bonds is 5. The standard InChI is InChI=1S/C28H29FN4O2S/c1-20-27(18-22-7-5-10-25(29)17-22)28(31-21(2)30-20)32-13-6-14-33(16-15-32)36(34,35)26-12-11-23-8-3-4-9-24(23)19-26/h3-5,7-12,17,19H,6,13-16,18H2,1-2H3. The lowest BCUT2D eigenvalue weighted by atomic mass is 10.0. The highest BCUT2D eigenvalue weighted by molar-refractivity contribution is 7.89. The van der Waals surface area contributed by atoms with E-state index in [1.54, 1.807) is 22.5 Å². The lowest BCUT2D eigenvalue weighted by Crippen LogP contribution is -2.35. The number of fused-ring (bicyclic) bond motifs is 1. The van der Waals surface area contributed by atoms with Gasteiger partial charge in [-0.3, -0.25) is 0 Å². The van der Waals surface area contributed by atoms with E-state index in [4.69, 9.17) is 4.98 Å². The van der Waals surface area contributed by atoms with Gasteiger partial charge in [-0.05, 0) is 60.9 Å². The summed E-state index contributed by atoms with van der Waals surface area (Å²) in [5, 5.41) is 1.92. The van der Waals surface area contributed by atoms with Crippen LogP contribution >= 0.6 is 0 Å². The van der Waals surface area contributed by atoms with E-state index in [1.165, 1.54) is 12.1 Å². The van der Waals surface area contributed by atoms with E-state index < -0.39 is 10.0 Å². The number of sulfonamides is 1. The van der Waals surface area contributed by atoms with Crippen molar-refractivity contribution in [3.8, 4) is 0 Å². The maximum atomic E-state index is 13.8. The molecule has 186 valence electrons. The van der Waals surface area contributed by atoms with Gasteiger partial charge in [0, 0.05) is 43.9 Å². The summed E-state index contributed by atoms with van der Waals surface area (Å²) in [6.45, 7) is 5.79. The lowest BCUT2D eigenvalue weighted by molar-refractivity contribution is 0.433. The second-order valence-corrected chi connectivity index (χ2v) is 11.2. The number of aryl methyl sites for hydroxylation is 2. The first-order chi connectivity index (χ1) is 17.3. The number of nitrogens with zero attached hydrogens (tertiary/aromatic N) is 4. The highest BCUT2D eigenvalue weighted by atomic mass is 32.2. The Morgan fingerprint density at radius 1 is 0.861 bits per heavy atom. The average molecular weight is 505 g/mol. The molecule has 36 heavy (non-hydrogen) atoms. The Morgan fingerprint density at radius 3 is 2.47 bits per heavy atom. The Balaban J connectivity index is 1.41. The van der Waals surface area contributed by atoms with Crippen molar-refractivity contribution < 1.29 is 12.8 Å². The molecule has 5 rings (SSSR count). The van der Waals surface area contributed by atoms with Crippen molar-refractivity contribution in [3.63, 3.8) is 0 Å². The van der Waals surface area contributed by atoms with Gasteiger partial charge >= 0.3 is 0 Å². The lowest BCUT2D eigenvalue weighted by Gasteiger charge is -2.26. The predicted octanol–water partition coefficient (Wildman–Crippen LogP) is 4.88. The number of anilines is 1. The summed E-state index contributed by atoms with van der Waals surface area (Å²) in [5.74, 6) is 1.19. The zero-order chi connectivity index (χ0) is 25.3. The van der Waals surface area contributed by atoms with Crippen LogP contribution in [0.3, 0.4) is 0 Å². The van der Waals surface area contributed by atoms with E-state index in [0.717, 1.165) is 33.4 Å². The van der Waals surface area contributed by atoms with Gasteiger partial charge in [0.25, 0.3) is 0 Å². The van der Waals surface area contributed by atoms with Gasteiger partial charge in [0.1, 0.15) is 17.5 Å². The molecule has 3 aromatic carbocycles. The van der Waals surface area contributed by atoms with Gasteiger partial charge < -0.3 is 4.90 Å². The van der Waals surface area contributed by atoms with Crippen LogP contribution in [-0.4, -0.2) is 48.9 Å². The number of hydrogen-bond donors (Lipinski definition) is 0. The second-order valence-electron chi connectivity index (χ2n) is 9.22. The second kappa shape index (κ2) is 9.95. The molecule has 1 aromatic heterocycles. The number of hydrogen-bond acceptors (Lipinski definition) is 5. The minimum atomic E-state index is -3.63. The van der Waals surface area contributed by atoms with Gasteiger partial charge in [-0.2, -0.15) is 4.31 Å². The molecular weight excluding hydrogens is 475 g/mol. The third-order valence-corrected chi connectivity index (χ3v) is 8.58. The van der Waals surface area contributed by atoms with Gasteiger partial charge in [0.2, 0.25) is 10.0 Å². The molecule has 0 saturated carbocycles. The maximum Gasteiger partial charge on any atom is 0.243 e. The summed E-state index contributed by atoms with van der Waals surface area (Å²) in [6.07, 6.45) is 1.18. The molecule has 0 radical (unpaired) electrons. The highest BCUT2D eigenvalue weighted by Crippen LogP contribution is 2.27. The average Bonchev–Trinajstić information content (AvgIpc) is 3.12. The SMILES string of the molecule is Cc1nc(C)c(Cc2cccc(F)c2)c(N2CCCN(S(=O)(=O)c3ccc4ccccc4c3)CC2)n1. The first-order valence-electron chi connectivity index (χ1n) is 12.1. The van der Waals surface area contributed by atoms with Crippen LogP contribution in [0.15, 0.2) is 71.6 Å². The summed E-state index contributed by atoms with van der Waals surface area (Å²) in [6, 6.07) is 19.6. The summed E-state index contributed by atoms with van der Waals surface area (Å²) in [7, 11) is -3.63. The maximum absolute atomic E-state index is 13.8. The minimum absolute atomic E-state index is 0.274. The molecule has 6 nitrogen and oxygen atoms in total. The Labute approximate surface area is 211 Å².